The quantitative estimate of drug-likeness (QED) is 0.223. The zero-order valence-corrected chi connectivity index (χ0v) is 23.4. The Morgan fingerprint density at radius 1 is 0.439 bits per heavy atom. The van der Waals surface area contributed by atoms with E-state index in [1.54, 1.807) is 0 Å². The van der Waals surface area contributed by atoms with Gasteiger partial charge in [-0.2, -0.15) is 0 Å². The molecule has 2 saturated carbocycles. The van der Waals surface area contributed by atoms with Crippen molar-refractivity contribution in [3.05, 3.63) is 179 Å². The number of allylic oxidation sites excluding steroid dienone is 2. The van der Waals surface area contributed by atoms with Crippen LogP contribution >= 0.6 is 0 Å². The molecule has 0 aliphatic heterocycles. The molecule has 5 aromatic rings. The molecule has 5 aromatic carbocycles. The first kappa shape index (κ1) is 24.3. The fourth-order valence-corrected chi connectivity index (χ4v) is 9.81. The normalized spacial score (nSPS) is 31.3. The van der Waals surface area contributed by atoms with Crippen LogP contribution in [-0.4, -0.2) is 5.78 Å². The summed E-state index contributed by atoms with van der Waals surface area (Å²) in [4.78, 5) is 15.5. The van der Waals surface area contributed by atoms with Crippen LogP contribution in [0.25, 0.3) is 11.1 Å². The number of rotatable bonds is 5. The molecule has 3 aliphatic carbocycles. The summed E-state index contributed by atoms with van der Waals surface area (Å²) < 4.78 is 0. The highest BCUT2D eigenvalue weighted by Gasteiger charge is 2.99. The molecule has 0 spiro atoms. The van der Waals surface area contributed by atoms with Crippen molar-refractivity contribution in [2.45, 2.75) is 30.6 Å². The SMILES string of the molecule is CC12C(=O)C(C)(C(c3ccccc3)=C1c1ccccc1)C1(c3ccccc3)C(c3ccccc3)C21c1ccccc1. The molecule has 41 heavy (non-hydrogen) atoms. The number of ketones is 1. The van der Waals surface area contributed by atoms with E-state index < -0.39 is 21.7 Å². The van der Waals surface area contributed by atoms with Gasteiger partial charge in [0.05, 0.1) is 10.8 Å². The van der Waals surface area contributed by atoms with Gasteiger partial charge in [0.2, 0.25) is 0 Å². The maximum Gasteiger partial charge on any atom is 0.155 e. The molecule has 0 N–H and O–H groups in total. The second-order valence-electron chi connectivity index (χ2n) is 12.3. The maximum atomic E-state index is 15.5. The van der Waals surface area contributed by atoms with Crippen molar-refractivity contribution >= 4 is 16.9 Å². The van der Waals surface area contributed by atoms with Gasteiger partial charge in [-0.05, 0) is 52.8 Å². The first-order valence-electron chi connectivity index (χ1n) is 14.6. The molecule has 1 heteroatoms. The van der Waals surface area contributed by atoms with Gasteiger partial charge >= 0.3 is 0 Å². The smallest absolute Gasteiger partial charge is 0.155 e. The lowest BCUT2D eigenvalue weighted by Gasteiger charge is -2.42. The third kappa shape index (κ3) is 2.57. The van der Waals surface area contributed by atoms with Crippen molar-refractivity contribution in [3.63, 3.8) is 0 Å². The predicted molar refractivity (Wildman–Crippen MR) is 166 cm³/mol. The molecule has 8 rings (SSSR count). The van der Waals surface area contributed by atoms with E-state index in [0.717, 1.165) is 11.1 Å². The summed E-state index contributed by atoms with van der Waals surface area (Å²) in [5, 5.41) is 0. The first-order chi connectivity index (χ1) is 20.1. The van der Waals surface area contributed by atoms with E-state index in [4.69, 9.17) is 0 Å². The number of fused-ring (bicyclic) bond motifs is 5. The lowest BCUT2D eigenvalue weighted by molar-refractivity contribution is -0.129. The molecule has 0 saturated heterocycles. The molecule has 0 heterocycles. The Hall–Kier alpha value is -4.49. The van der Waals surface area contributed by atoms with E-state index in [-0.39, 0.29) is 5.92 Å². The fraction of sp³-hybridized carbons (Fsp3) is 0.175. The van der Waals surface area contributed by atoms with Gasteiger partial charge in [0, 0.05) is 16.7 Å². The summed E-state index contributed by atoms with van der Waals surface area (Å²) in [5.74, 6) is 0.455. The summed E-state index contributed by atoms with van der Waals surface area (Å²) in [7, 11) is 0. The molecule has 2 bridgehead atoms. The third-order valence-electron chi connectivity index (χ3n) is 10.9. The Labute approximate surface area is 242 Å². The maximum absolute atomic E-state index is 15.5. The largest absolute Gasteiger partial charge is 0.298 e. The van der Waals surface area contributed by atoms with E-state index in [2.05, 4.69) is 166 Å². The van der Waals surface area contributed by atoms with Crippen LogP contribution in [0.1, 0.15) is 47.6 Å². The van der Waals surface area contributed by atoms with Crippen molar-refractivity contribution in [1.29, 1.82) is 0 Å². The Bertz CT molecular complexity index is 1690. The van der Waals surface area contributed by atoms with Crippen LogP contribution in [-0.2, 0) is 15.6 Å². The van der Waals surface area contributed by atoms with E-state index in [1.807, 2.05) is 0 Å². The van der Waals surface area contributed by atoms with Crippen molar-refractivity contribution in [3.8, 4) is 0 Å². The van der Waals surface area contributed by atoms with E-state index in [9.17, 15) is 0 Å². The van der Waals surface area contributed by atoms with Crippen molar-refractivity contribution in [1.82, 2.24) is 0 Å². The zero-order chi connectivity index (χ0) is 27.9. The number of hydrogen-bond donors (Lipinski definition) is 0. The topological polar surface area (TPSA) is 17.1 Å². The molecule has 1 nitrogen and oxygen atoms in total. The molecule has 4 atom stereocenters. The summed E-state index contributed by atoms with van der Waals surface area (Å²) in [5.41, 5.74) is 6.01. The van der Waals surface area contributed by atoms with Crippen LogP contribution in [0, 0.1) is 10.8 Å². The van der Waals surface area contributed by atoms with Crippen molar-refractivity contribution in [2.75, 3.05) is 0 Å². The number of benzene rings is 5. The minimum Gasteiger partial charge on any atom is -0.298 e. The van der Waals surface area contributed by atoms with Crippen LogP contribution in [0.3, 0.4) is 0 Å². The minimum atomic E-state index is -0.758. The summed E-state index contributed by atoms with van der Waals surface area (Å²) >= 11 is 0. The van der Waals surface area contributed by atoms with Crippen LogP contribution in [0.5, 0.6) is 0 Å². The lowest BCUT2D eigenvalue weighted by atomic mass is 9.59. The average Bonchev–Trinajstić information content (AvgIpc) is 3.64. The van der Waals surface area contributed by atoms with Gasteiger partial charge in [-0.3, -0.25) is 4.79 Å². The van der Waals surface area contributed by atoms with Crippen LogP contribution in [0.2, 0.25) is 0 Å². The number of hydrogen-bond acceptors (Lipinski definition) is 1. The van der Waals surface area contributed by atoms with E-state index in [1.165, 1.54) is 27.8 Å². The monoisotopic (exact) mass is 528 g/mol. The van der Waals surface area contributed by atoms with Gasteiger partial charge in [0.1, 0.15) is 0 Å². The highest BCUT2D eigenvalue weighted by molar-refractivity contribution is 6.27. The number of carbonyl (C=O) groups excluding carboxylic acids is 1. The minimum absolute atomic E-state index is 0.119. The van der Waals surface area contributed by atoms with Crippen LogP contribution in [0.4, 0.5) is 0 Å². The number of carbonyl (C=O) groups is 1. The molecule has 198 valence electrons. The second-order valence-corrected chi connectivity index (χ2v) is 12.3. The molecule has 4 unspecified atom stereocenters. The Morgan fingerprint density at radius 3 is 1.12 bits per heavy atom. The molecule has 2 fully saturated rings. The Balaban J connectivity index is 1.59. The molecular formula is C40H32O. The molecule has 0 aromatic heterocycles. The molecule has 3 aliphatic rings. The Kier molecular flexibility index (Phi) is 4.91. The molecular weight excluding hydrogens is 496 g/mol. The molecule has 0 amide bonds. The average molecular weight is 529 g/mol. The number of Topliss-reactive ketones (excluding diaryl/α,β-unsaturated/α-hetero) is 1. The first-order valence-corrected chi connectivity index (χ1v) is 14.6. The predicted octanol–water partition coefficient (Wildman–Crippen LogP) is 8.88. The third-order valence-corrected chi connectivity index (χ3v) is 10.9. The van der Waals surface area contributed by atoms with Gasteiger partial charge in [0.15, 0.2) is 5.78 Å². The van der Waals surface area contributed by atoms with E-state index >= 15 is 4.79 Å². The summed E-state index contributed by atoms with van der Waals surface area (Å²) in [6.07, 6.45) is 0. The van der Waals surface area contributed by atoms with Gasteiger partial charge in [-0.15, -0.1) is 0 Å². The summed E-state index contributed by atoms with van der Waals surface area (Å²) in [6, 6.07) is 54.1. The van der Waals surface area contributed by atoms with Gasteiger partial charge < -0.3 is 0 Å². The standard InChI is InChI=1S/C40H32O/c1-37-33(28-18-8-3-9-19-28)34(29-20-10-4-11-21-29)38(2,36(37)41)40(32-26-16-7-17-27-32)35(30-22-12-5-13-23-30)39(37,40)31-24-14-6-15-25-31/h3-27,35H,1-2H3. The second kappa shape index (κ2) is 8.27. The van der Waals surface area contributed by atoms with Gasteiger partial charge in [-0.1, -0.05) is 152 Å². The van der Waals surface area contributed by atoms with Crippen molar-refractivity contribution < 1.29 is 4.79 Å². The van der Waals surface area contributed by atoms with Crippen molar-refractivity contribution in [2.24, 2.45) is 10.8 Å². The van der Waals surface area contributed by atoms with E-state index in [0.29, 0.717) is 5.78 Å². The highest BCUT2D eigenvalue weighted by atomic mass is 16.1. The zero-order valence-electron chi connectivity index (χ0n) is 23.4. The summed E-state index contributed by atoms with van der Waals surface area (Å²) in [6.45, 7) is 4.54. The Morgan fingerprint density at radius 2 is 0.756 bits per heavy atom. The fourth-order valence-electron chi connectivity index (χ4n) is 9.81. The van der Waals surface area contributed by atoms with Crippen LogP contribution < -0.4 is 0 Å². The van der Waals surface area contributed by atoms with Gasteiger partial charge in [0.25, 0.3) is 0 Å². The van der Waals surface area contributed by atoms with Crippen LogP contribution in [0.15, 0.2) is 152 Å². The molecule has 0 radical (unpaired) electrons. The lowest BCUT2D eigenvalue weighted by Crippen LogP contribution is -2.39. The van der Waals surface area contributed by atoms with Gasteiger partial charge in [-0.25, -0.2) is 0 Å². The highest BCUT2D eigenvalue weighted by Crippen LogP contribution is 2.96.